The molecule has 9 heteroatoms. The van der Waals surface area contributed by atoms with Crippen molar-refractivity contribution in [3.05, 3.63) is 53.1 Å². The second-order valence-electron chi connectivity index (χ2n) is 5.43. The van der Waals surface area contributed by atoms with E-state index in [-0.39, 0.29) is 23.5 Å². The highest BCUT2D eigenvalue weighted by Gasteiger charge is 2.21. The predicted octanol–water partition coefficient (Wildman–Crippen LogP) is 2.10. The Labute approximate surface area is 149 Å². The maximum Gasteiger partial charge on any atom is 0.240 e. The molecule has 0 atom stereocenters. The highest BCUT2D eigenvalue weighted by molar-refractivity contribution is 7.89. The van der Waals surface area contributed by atoms with Crippen molar-refractivity contribution < 1.29 is 18.0 Å². The van der Waals surface area contributed by atoms with Gasteiger partial charge in [-0.2, -0.15) is 0 Å². The maximum atomic E-state index is 12.5. The van der Waals surface area contributed by atoms with Crippen molar-refractivity contribution in [2.75, 3.05) is 10.6 Å². The Morgan fingerprint density at radius 1 is 0.960 bits per heavy atom. The summed E-state index contributed by atoms with van der Waals surface area (Å²) in [6.07, 6.45) is -0.314. The van der Waals surface area contributed by atoms with Crippen molar-refractivity contribution >= 4 is 44.8 Å². The minimum Gasteiger partial charge on any atom is -0.324 e. The predicted molar refractivity (Wildman–Crippen MR) is 93.8 cm³/mol. The maximum absolute atomic E-state index is 12.5. The lowest BCUT2D eigenvalue weighted by Crippen LogP contribution is -2.23. The Kier molecular flexibility index (Phi) is 4.76. The Morgan fingerprint density at radius 2 is 1.60 bits per heavy atom. The molecule has 0 bridgehead atoms. The van der Waals surface area contributed by atoms with Crippen LogP contribution in [0, 0.1) is 0 Å². The number of nitrogens with one attached hydrogen (secondary N) is 3. The second-order valence-corrected chi connectivity index (χ2v) is 7.63. The highest BCUT2D eigenvalue weighted by atomic mass is 35.5. The molecule has 0 saturated heterocycles. The smallest absolute Gasteiger partial charge is 0.240 e. The van der Waals surface area contributed by atoms with Crippen LogP contribution >= 0.6 is 11.6 Å². The van der Waals surface area contributed by atoms with Crippen LogP contribution in [0.25, 0.3) is 0 Å². The molecule has 7 nitrogen and oxygen atoms in total. The molecule has 1 heterocycles. The van der Waals surface area contributed by atoms with Crippen molar-refractivity contribution in [1.29, 1.82) is 0 Å². The Balaban J connectivity index is 1.81. The molecule has 1 aliphatic heterocycles. The summed E-state index contributed by atoms with van der Waals surface area (Å²) in [7, 11) is -3.79. The van der Waals surface area contributed by atoms with E-state index >= 15 is 0 Å². The lowest BCUT2D eigenvalue weighted by atomic mass is 10.2. The molecular weight excluding hydrogens is 366 g/mol. The number of anilines is 2. The molecule has 0 aliphatic carbocycles. The van der Waals surface area contributed by atoms with Crippen molar-refractivity contribution in [1.82, 2.24) is 4.72 Å². The Bertz CT molecular complexity index is 942. The van der Waals surface area contributed by atoms with Crippen LogP contribution in [0.4, 0.5) is 11.4 Å². The number of carbonyl (C=O) groups excluding carboxylic acids is 2. The first-order chi connectivity index (χ1) is 11.8. The van der Waals surface area contributed by atoms with Gasteiger partial charge in [0.05, 0.1) is 16.3 Å². The molecule has 0 unspecified atom stereocenters. The van der Waals surface area contributed by atoms with Crippen LogP contribution in [-0.4, -0.2) is 20.2 Å². The number of fused-ring (bicyclic) bond motifs is 1. The van der Waals surface area contributed by atoms with Gasteiger partial charge in [-0.15, -0.1) is 0 Å². The zero-order chi connectivity index (χ0) is 18.0. The van der Waals surface area contributed by atoms with Gasteiger partial charge in [0.25, 0.3) is 0 Å². The van der Waals surface area contributed by atoms with Crippen LogP contribution in [0.1, 0.15) is 12.0 Å². The van der Waals surface area contributed by atoms with E-state index in [2.05, 4.69) is 15.4 Å². The summed E-state index contributed by atoms with van der Waals surface area (Å²) >= 11 is 5.80. The largest absolute Gasteiger partial charge is 0.324 e. The average Bonchev–Trinajstić information content (AvgIpc) is 2.69. The monoisotopic (exact) mass is 379 g/mol. The van der Waals surface area contributed by atoms with Crippen LogP contribution < -0.4 is 15.4 Å². The number of benzene rings is 2. The number of sulfonamides is 1. The van der Waals surface area contributed by atoms with Gasteiger partial charge in [-0.3, -0.25) is 9.59 Å². The third-order valence-electron chi connectivity index (χ3n) is 3.55. The molecule has 25 heavy (non-hydrogen) atoms. The van der Waals surface area contributed by atoms with Gasteiger partial charge in [0.2, 0.25) is 21.8 Å². The summed E-state index contributed by atoms with van der Waals surface area (Å²) in [5, 5.41) is 5.63. The molecule has 0 fully saturated rings. The van der Waals surface area contributed by atoms with Gasteiger partial charge in [-0.05, 0) is 35.9 Å². The Hall–Kier alpha value is -2.42. The summed E-state index contributed by atoms with van der Waals surface area (Å²) < 4.78 is 27.4. The fourth-order valence-electron chi connectivity index (χ4n) is 2.30. The van der Waals surface area contributed by atoms with Crippen LogP contribution in [0.3, 0.4) is 0 Å². The quantitative estimate of drug-likeness (QED) is 0.707. The van der Waals surface area contributed by atoms with Crippen LogP contribution in [0.5, 0.6) is 0 Å². The zero-order valence-electron chi connectivity index (χ0n) is 12.9. The summed E-state index contributed by atoms with van der Waals surface area (Å²) in [4.78, 5) is 23.1. The van der Waals surface area contributed by atoms with Gasteiger partial charge in [0, 0.05) is 11.6 Å². The van der Waals surface area contributed by atoms with Crippen molar-refractivity contribution in [2.45, 2.75) is 17.9 Å². The van der Waals surface area contributed by atoms with E-state index in [4.69, 9.17) is 11.6 Å². The molecule has 0 spiro atoms. The number of amides is 2. The minimum atomic E-state index is -3.79. The lowest BCUT2D eigenvalue weighted by Gasteiger charge is -2.11. The fourth-order valence-corrected chi connectivity index (χ4v) is 3.47. The molecular formula is C16H14ClN3O4S. The van der Waals surface area contributed by atoms with Crippen LogP contribution in [-0.2, 0) is 26.2 Å². The van der Waals surface area contributed by atoms with Crippen molar-refractivity contribution in [3.63, 3.8) is 0 Å². The van der Waals surface area contributed by atoms with E-state index < -0.39 is 21.8 Å². The molecule has 2 aromatic rings. The number of rotatable bonds is 4. The zero-order valence-corrected chi connectivity index (χ0v) is 14.4. The molecule has 3 N–H and O–H groups in total. The summed E-state index contributed by atoms with van der Waals surface area (Å²) in [6, 6.07) is 10.9. The molecule has 3 rings (SSSR count). The van der Waals surface area contributed by atoms with Gasteiger partial charge >= 0.3 is 0 Å². The van der Waals surface area contributed by atoms with Crippen LogP contribution in [0.15, 0.2) is 47.4 Å². The molecule has 1 aliphatic rings. The van der Waals surface area contributed by atoms with E-state index in [1.807, 2.05) is 0 Å². The SMILES string of the molecule is O=C1CC(=O)Nc2cc(S(=O)(=O)NCc3ccc(Cl)cc3)ccc2N1. The standard InChI is InChI=1S/C16H14ClN3O4S/c17-11-3-1-10(2-4-11)9-18-25(23,24)12-5-6-13-14(7-12)20-16(22)8-15(21)19-13/h1-7,18H,8-9H2,(H,19,21)(H,20,22). The molecule has 2 amide bonds. The number of halogens is 1. The summed E-state index contributed by atoms with van der Waals surface area (Å²) in [6.45, 7) is 0.0969. The summed E-state index contributed by atoms with van der Waals surface area (Å²) in [5.74, 6) is -0.951. The molecule has 0 radical (unpaired) electrons. The van der Waals surface area contributed by atoms with E-state index in [9.17, 15) is 18.0 Å². The van der Waals surface area contributed by atoms with Gasteiger partial charge in [0.1, 0.15) is 6.42 Å². The number of carbonyl (C=O) groups is 2. The van der Waals surface area contributed by atoms with Crippen molar-refractivity contribution in [3.8, 4) is 0 Å². The van der Waals surface area contributed by atoms with Crippen LogP contribution in [0.2, 0.25) is 5.02 Å². The van der Waals surface area contributed by atoms with Gasteiger partial charge in [-0.1, -0.05) is 23.7 Å². The molecule has 0 saturated carbocycles. The number of hydrogen-bond donors (Lipinski definition) is 3. The summed E-state index contributed by atoms with van der Waals surface area (Å²) in [5.41, 5.74) is 1.35. The average molecular weight is 380 g/mol. The topological polar surface area (TPSA) is 104 Å². The number of hydrogen-bond acceptors (Lipinski definition) is 4. The first kappa shape index (κ1) is 17.4. The van der Waals surface area contributed by atoms with E-state index in [0.29, 0.717) is 10.7 Å². The highest BCUT2D eigenvalue weighted by Crippen LogP contribution is 2.27. The lowest BCUT2D eigenvalue weighted by molar-refractivity contribution is -0.123. The van der Waals surface area contributed by atoms with E-state index in [1.165, 1.54) is 18.2 Å². The van der Waals surface area contributed by atoms with Crippen molar-refractivity contribution in [2.24, 2.45) is 0 Å². The third-order valence-corrected chi connectivity index (χ3v) is 5.20. The Morgan fingerprint density at radius 3 is 2.28 bits per heavy atom. The van der Waals surface area contributed by atoms with Gasteiger partial charge in [0.15, 0.2) is 0 Å². The second kappa shape index (κ2) is 6.83. The fraction of sp³-hybridized carbons (Fsp3) is 0.125. The van der Waals surface area contributed by atoms with E-state index in [0.717, 1.165) is 5.56 Å². The molecule has 0 aromatic heterocycles. The van der Waals surface area contributed by atoms with Gasteiger partial charge < -0.3 is 10.6 Å². The van der Waals surface area contributed by atoms with Gasteiger partial charge in [-0.25, -0.2) is 13.1 Å². The third kappa shape index (κ3) is 4.16. The normalized spacial score (nSPS) is 14.3. The molecule has 130 valence electrons. The first-order valence-electron chi connectivity index (χ1n) is 7.31. The first-order valence-corrected chi connectivity index (χ1v) is 9.17. The molecule has 2 aromatic carbocycles. The minimum absolute atomic E-state index is 0.0170. The van der Waals surface area contributed by atoms with E-state index in [1.54, 1.807) is 24.3 Å².